The first-order chi connectivity index (χ1) is 10.6. The van der Waals surface area contributed by atoms with Gasteiger partial charge in [-0.05, 0) is 46.1 Å². The molecule has 0 bridgehead atoms. The number of rotatable bonds is 7. The van der Waals surface area contributed by atoms with Crippen molar-refractivity contribution in [2.45, 2.75) is 20.0 Å². The fraction of sp³-hybridized carbons (Fsp3) is 0.312. The first-order valence-corrected chi connectivity index (χ1v) is 8.05. The van der Waals surface area contributed by atoms with E-state index in [1.807, 2.05) is 31.2 Å². The summed E-state index contributed by atoms with van der Waals surface area (Å²) in [4.78, 5) is 4.18. The second-order valence-electron chi connectivity index (χ2n) is 4.55. The van der Waals surface area contributed by atoms with Crippen LogP contribution in [-0.2, 0) is 6.61 Å². The second kappa shape index (κ2) is 8.25. The lowest BCUT2D eigenvalue weighted by Gasteiger charge is -2.13. The third-order valence-corrected chi connectivity index (χ3v) is 3.63. The van der Waals surface area contributed by atoms with Gasteiger partial charge in [0.1, 0.15) is 17.5 Å². The molecule has 0 fully saturated rings. The van der Waals surface area contributed by atoms with Crippen LogP contribution in [0.15, 0.2) is 34.8 Å². The molecule has 1 heterocycles. The van der Waals surface area contributed by atoms with Gasteiger partial charge in [0.05, 0.1) is 18.2 Å². The number of ether oxygens (including phenoxy) is 3. The summed E-state index contributed by atoms with van der Waals surface area (Å²) in [6.45, 7) is 2.98. The van der Waals surface area contributed by atoms with E-state index >= 15 is 0 Å². The Morgan fingerprint density at radius 2 is 1.91 bits per heavy atom. The predicted molar refractivity (Wildman–Crippen MR) is 90.1 cm³/mol. The summed E-state index contributed by atoms with van der Waals surface area (Å²) in [6, 6.07) is 9.36. The minimum Gasteiger partial charge on any atom is -0.497 e. The first-order valence-electron chi connectivity index (χ1n) is 6.88. The summed E-state index contributed by atoms with van der Waals surface area (Å²) in [7, 11) is 1.64. The third kappa shape index (κ3) is 4.52. The Balaban J connectivity index is 2.13. The van der Waals surface area contributed by atoms with Gasteiger partial charge in [-0.15, -0.1) is 0 Å². The average molecular weight is 387 g/mol. The van der Waals surface area contributed by atoms with Crippen molar-refractivity contribution in [2.24, 2.45) is 0 Å². The van der Waals surface area contributed by atoms with Crippen LogP contribution in [0.1, 0.15) is 18.9 Å². The van der Waals surface area contributed by atoms with Gasteiger partial charge in [-0.25, -0.2) is 0 Å². The first kappa shape index (κ1) is 16.9. The van der Waals surface area contributed by atoms with Crippen molar-refractivity contribution in [3.05, 3.63) is 45.5 Å². The molecule has 2 aromatic rings. The van der Waals surface area contributed by atoms with Gasteiger partial charge in [0, 0.05) is 0 Å². The number of hydrogen-bond donors (Lipinski definition) is 0. The van der Waals surface area contributed by atoms with Crippen LogP contribution < -0.4 is 14.2 Å². The van der Waals surface area contributed by atoms with Crippen molar-refractivity contribution >= 4 is 27.5 Å². The zero-order chi connectivity index (χ0) is 15.9. The zero-order valence-electron chi connectivity index (χ0n) is 12.4. The van der Waals surface area contributed by atoms with E-state index in [9.17, 15) is 0 Å². The van der Waals surface area contributed by atoms with E-state index in [1.54, 1.807) is 13.2 Å². The zero-order valence-corrected chi connectivity index (χ0v) is 14.8. The second-order valence-corrected chi connectivity index (χ2v) is 5.79. The van der Waals surface area contributed by atoms with Crippen LogP contribution >= 0.6 is 27.5 Å². The van der Waals surface area contributed by atoms with E-state index in [2.05, 4.69) is 20.9 Å². The lowest BCUT2D eigenvalue weighted by molar-refractivity contribution is 0.252. The van der Waals surface area contributed by atoms with Crippen LogP contribution in [0.5, 0.6) is 17.4 Å². The van der Waals surface area contributed by atoms with Gasteiger partial charge < -0.3 is 14.2 Å². The molecule has 4 nitrogen and oxygen atoms in total. The molecule has 1 aromatic heterocycles. The fourth-order valence-electron chi connectivity index (χ4n) is 1.76. The molecule has 0 aliphatic rings. The Hall–Kier alpha value is -1.46. The lowest BCUT2D eigenvalue weighted by atomic mass is 10.2. The molecule has 0 saturated heterocycles. The highest BCUT2D eigenvalue weighted by molar-refractivity contribution is 9.10. The highest BCUT2D eigenvalue weighted by Gasteiger charge is 2.14. The lowest BCUT2D eigenvalue weighted by Crippen LogP contribution is -2.03. The third-order valence-electron chi connectivity index (χ3n) is 2.85. The molecule has 0 atom stereocenters. The minimum absolute atomic E-state index is 0.356. The molecule has 0 N–H and O–H groups in total. The van der Waals surface area contributed by atoms with Crippen molar-refractivity contribution in [1.82, 2.24) is 4.98 Å². The standard InChI is InChI=1S/C16H17BrClNO3/c1-3-8-21-16-15(13(17)9-14(18)19-16)22-10-11-4-6-12(20-2)7-5-11/h4-7,9H,3,8,10H2,1-2H3. The van der Waals surface area contributed by atoms with Gasteiger partial charge in [-0.2, -0.15) is 4.98 Å². The molecule has 1 aromatic carbocycles. The Bertz CT molecular complexity index is 620. The summed E-state index contributed by atoms with van der Waals surface area (Å²) in [5.74, 6) is 1.76. The number of pyridine rings is 1. The van der Waals surface area contributed by atoms with Crippen molar-refractivity contribution < 1.29 is 14.2 Å². The Morgan fingerprint density at radius 3 is 2.55 bits per heavy atom. The summed E-state index contributed by atoms with van der Waals surface area (Å²) in [5.41, 5.74) is 1.02. The molecule has 0 aliphatic heterocycles. The SMILES string of the molecule is CCCOc1nc(Cl)cc(Br)c1OCc1ccc(OC)cc1. The smallest absolute Gasteiger partial charge is 0.259 e. The van der Waals surface area contributed by atoms with E-state index in [-0.39, 0.29) is 0 Å². The maximum atomic E-state index is 5.96. The minimum atomic E-state index is 0.356. The van der Waals surface area contributed by atoms with E-state index in [1.165, 1.54) is 0 Å². The van der Waals surface area contributed by atoms with Gasteiger partial charge in [0.25, 0.3) is 5.88 Å². The summed E-state index contributed by atoms with van der Waals surface area (Å²) in [5, 5.41) is 0.356. The van der Waals surface area contributed by atoms with Crippen molar-refractivity contribution in [3.8, 4) is 17.4 Å². The average Bonchev–Trinajstić information content (AvgIpc) is 2.52. The van der Waals surface area contributed by atoms with Crippen molar-refractivity contribution in [2.75, 3.05) is 13.7 Å². The van der Waals surface area contributed by atoms with E-state index in [0.29, 0.717) is 34.5 Å². The van der Waals surface area contributed by atoms with E-state index < -0.39 is 0 Å². The fourth-order valence-corrected chi connectivity index (χ4v) is 2.58. The highest BCUT2D eigenvalue weighted by Crippen LogP contribution is 2.36. The van der Waals surface area contributed by atoms with E-state index in [4.69, 9.17) is 25.8 Å². The van der Waals surface area contributed by atoms with Crippen LogP contribution in [0.4, 0.5) is 0 Å². The number of benzene rings is 1. The molecule has 6 heteroatoms. The molecular weight excluding hydrogens is 370 g/mol. The van der Waals surface area contributed by atoms with Gasteiger partial charge in [-0.3, -0.25) is 0 Å². The predicted octanol–water partition coefficient (Wildman–Crippen LogP) is 4.87. The number of aromatic nitrogens is 1. The molecule has 2 rings (SSSR count). The molecule has 0 unspecified atom stereocenters. The van der Waals surface area contributed by atoms with Crippen LogP contribution in [0.3, 0.4) is 0 Å². The molecule has 0 amide bonds. The van der Waals surface area contributed by atoms with Gasteiger partial charge in [0.2, 0.25) is 0 Å². The normalized spacial score (nSPS) is 10.4. The summed E-state index contributed by atoms with van der Waals surface area (Å²) >= 11 is 9.40. The van der Waals surface area contributed by atoms with Gasteiger partial charge in [0.15, 0.2) is 5.75 Å². The number of methoxy groups -OCH3 is 1. The molecule has 0 radical (unpaired) electrons. The molecule has 118 valence electrons. The molecular formula is C16H17BrClNO3. The Kier molecular flexibility index (Phi) is 6.34. The van der Waals surface area contributed by atoms with E-state index in [0.717, 1.165) is 17.7 Å². The van der Waals surface area contributed by atoms with Crippen LogP contribution in [0.25, 0.3) is 0 Å². The largest absolute Gasteiger partial charge is 0.497 e. The number of hydrogen-bond acceptors (Lipinski definition) is 4. The maximum Gasteiger partial charge on any atom is 0.259 e. The molecule has 0 aliphatic carbocycles. The number of nitrogens with zero attached hydrogens (tertiary/aromatic N) is 1. The van der Waals surface area contributed by atoms with Gasteiger partial charge in [-0.1, -0.05) is 30.7 Å². The summed E-state index contributed by atoms with van der Waals surface area (Å²) in [6.07, 6.45) is 0.879. The Labute approximate surface area is 143 Å². The Morgan fingerprint density at radius 1 is 1.18 bits per heavy atom. The van der Waals surface area contributed by atoms with Crippen molar-refractivity contribution in [1.29, 1.82) is 0 Å². The number of halogens is 2. The maximum absolute atomic E-state index is 5.96. The monoisotopic (exact) mass is 385 g/mol. The molecule has 0 spiro atoms. The van der Waals surface area contributed by atoms with Gasteiger partial charge >= 0.3 is 0 Å². The highest BCUT2D eigenvalue weighted by atomic mass is 79.9. The molecule has 22 heavy (non-hydrogen) atoms. The molecule has 0 saturated carbocycles. The van der Waals surface area contributed by atoms with Crippen LogP contribution in [-0.4, -0.2) is 18.7 Å². The summed E-state index contributed by atoms with van der Waals surface area (Å²) < 4.78 is 17.3. The topological polar surface area (TPSA) is 40.6 Å². The van der Waals surface area contributed by atoms with Crippen LogP contribution in [0.2, 0.25) is 5.15 Å². The van der Waals surface area contributed by atoms with Crippen molar-refractivity contribution in [3.63, 3.8) is 0 Å². The quantitative estimate of drug-likeness (QED) is 0.636. The van der Waals surface area contributed by atoms with Crippen LogP contribution in [0, 0.1) is 0 Å².